The van der Waals surface area contributed by atoms with E-state index in [-0.39, 0.29) is 12.3 Å². The number of para-hydroxylation sites is 1. The Kier molecular flexibility index (Phi) is 5.02. The quantitative estimate of drug-likeness (QED) is 0.750. The molecular weight excluding hydrogens is 290 g/mol. The van der Waals surface area contributed by atoms with Crippen LogP contribution in [0.2, 0.25) is 0 Å². The molecule has 0 fully saturated rings. The molecule has 1 heterocycles. The number of hydrogen-bond donors (Lipinski definition) is 3. The molecule has 4 N–H and O–H groups in total. The van der Waals surface area contributed by atoms with Crippen molar-refractivity contribution in [3.05, 3.63) is 45.9 Å². The average molecular weight is 305 g/mol. The predicted molar refractivity (Wildman–Crippen MR) is 80.6 cm³/mol. The van der Waals surface area contributed by atoms with Gasteiger partial charge in [-0.25, -0.2) is 4.98 Å². The average Bonchev–Trinajstić information content (AvgIpc) is 2.89. The van der Waals surface area contributed by atoms with Crippen molar-refractivity contribution in [2.24, 2.45) is 5.73 Å². The van der Waals surface area contributed by atoms with E-state index in [9.17, 15) is 9.59 Å². The lowest BCUT2D eigenvalue weighted by Crippen LogP contribution is -2.15. The van der Waals surface area contributed by atoms with E-state index in [1.54, 1.807) is 29.6 Å². The van der Waals surface area contributed by atoms with Crippen molar-refractivity contribution in [2.75, 3.05) is 11.9 Å². The molecule has 0 saturated heterocycles. The van der Waals surface area contributed by atoms with Crippen LogP contribution in [-0.2, 0) is 17.6 Å². The summed E-state index contributed by atoms with van der Waals surface area (Å²) in [6.45, 7) is 0.482. The van der Waals surface area contributed by atoms with E-state index in [2.05, 4.69) is 10.3 Å². The van der Waals surface area contributed by atoms with Gasteiger partial charge in [0, 0.05) is 17.5 Å². The Morgan fingerprint density at radius 1 is 1.33 bits per heavy atom. The summed E-state index contributed by atoms with van der Waals surface area (Å²) in [5, 5.41) is 14.0. The first kappa shape index (κ1) is 15.1. The molecule has 21 heavy (non-hydrogen) atoms. The summed E-state index contributed by atoms with van der Waals surface area (Å²) in [7, 11) is 0. The third kappa shape index (κ3) is 4.11. The first-order chi connectivity index (χ1) is 10.1. The van der Waals surface area contributed by atoms with Crippen LogP contribution >= 0.6 is 11.3 Å². The molecule has 0 atom stereocenters. The van der Waals surface area contributed by atoms with Gasteiger partial charge >= 0.3 is 5.97 Å². The van der Waals surface area contributed by atoms with Gasteiger partial charge in [-0.3, -0.25) is 9.59 Å². The van der Waals surface area contributed by atoms with Crippen LogP contribution in [0.4, 0.5) is 5.69 Å². The standard InChI is InChI=1S/C14H15N3O3S/c15-6-5-12-16-11(8-21-12)14(20)17-10-4-2-1-3-9(10)7-13(18)19/h1-4,8H,5-7,15H2,(H,17,20)(H,18,19). The number of nitrogens with one attached hydrogen (secondary N) is 1. The summed E-state index contributed by atoms with van der Waals surface area (Å²) >= 11 is 1.38. The van der Waals surface area contributed by atoms with E-state index < -0.39 is 5.97 Å². The van der Waals surface area contributed by atoms with Crippen LogP contribution in [-0.4, -0.2) is 28.5 Å². The maximum absolute atomic E-state index is 12.1. The number of aromatic nitrogens is 1. The number of benzene rings is 1. The second kappa shape index (κ2) is 6.96. The van der Waals surface area contributed by atoms with Gasteiger partial charge in [0.05, 0.1) is 11.4 Å². The fourth-order valence-corrected chi connectivity index (χ4v) is 2.59. The number of nitrogens with two attached hydrogens (primary N) is 1. The lowest BCUT2D eigenvalue weighted by molar-refractivity contribution is -0.136. The highest BCUT2D eigenvalue weighted by Crippen LogP contribution is 2.18. The van der Waals surface area contributed by atoms with Crippen molar-refractivity contribution in [3.63, 3.8) is 0 Å². The third-order valence-corrected chi connectivity index (χ3v) is 3.66. The number of nitrogens with zero attached hydrogens (tertiary/aromatic N) is 1. The predicted octanol–water partition coefficient (Wildman–Crippen LogP) is 1.52. The number of carboxylic acids is 1. The SMILES string of the molecule is NCCc1nc(C(=O)Nc2ccccc2CC(=O)O)cs1. The van der Waals surface area contributed by atoms with Gasteiger partial charge in [0.25, 0.3) is 5.91 Å². The molecule has 7 heteroatoms. The first-order valence-electron chi connectivity index (χ1n) is 6.35. The second-order valence-electron chi connectivity index (χ2n) is 4.35. The van der Waals surface area contributed by atoms with Gasteiger partial charge < -0.3 is 16.2 Å². The third-order valence-electron chi connectivity index (χ3n) is 2.75. The fourth-order valence-electron chi connectivity index (χ4n) is 1.80. The van der Waals surface area contributed by atoms with Crippen molar-refractivity contribution in [1.29, 1.82) is 0 Å². The summed E-state index contributed by atoms with van der Waals surface area (Å²) in [6.07, 6.45) is 0.486. The molecule has 110 valence electrons. The molecule has 0 aliphatic carbocycles. The monoisotopic (exact) mass is 305 g/mol. The Labute approximate surface area is 125 Å². The molecule has 0 spiro atoms. The van der Waals surface area contributed by atoms with E-state index >= 15 is 0 Å². The van der Waals surface area contributed by atoms with Crippen LogP contribution in [0.5, 0.6) is 0 Å². The Morgan fingerprint density at radius 2 is 2.10 bits per heavy atom. The Bertz CT molecular complexity index is 654. The van der Waals surface area contributed by atoms with E-state index in [4.69, 9.17) is 10.8 Å². The summed E-state index contributed by atoms with van der Waals surface area (Å²) in [5.74, 6) is -1.30. The highest BCUT2D eigenvalue weighted by molar-refractivity contribution is 7.09. The molecule has 0 radical (unpaired) electrons. The largest absolute Gasteiger partial charge is 0.481 e. The number of carbonyl (C=O) groups excluding carboxylic acids is 1. The molecule has 0 aliphatic heterocycles. The van der Waals surface area contributed by atoms with Gasteiger partial charge in [0.2, 0.25) is 0 Å². The van der Waals surface area contributed by atoms with Crippen molar-refractivity contribution in [2.45, 2.75) is 12.8 Å². The maximum Gasteiger partial charge on any atom is 0.307 e. The summed E-state index contributed by atoms with van der Waals surface area (Å²) in [5.41, 5.74) is 6.80. The van der Waals surface area contributed by atoms with Crippen molar-refractivity contribution in [3.8, 4) is 0 Å². The summed E-state index contributed by atoms with van der Waals surface area (Å²) in [6, 6.07) is 6.81. The number of carboxylic acid groups (broad SMARTS) is 1. The fraction of sp³-hybridized carbons (Fsp3) is 0.214. The van der Waals surface area contributed by atoms with Crippen LogP contribution in [0.15, 0.2) is 29.6 Å². The Hall–Kier alpha value is -2.25. The number of rotatable bonds is 6. The molecule has 0 aliphatic rings. The van der Waals surface area contributed by atoms with E-state index in [0.717, 1.165) is 5.01 Å². The van der Waals surface area contributed by atoms with Crippen molar-refractivity contribution < 1.29 is 14.7 Å². The van der Waals surface area contributed by atoms with Crippen LogP contribution in [0.1, 0.15) is 21.1 Å². The highest BCUT2D eigenvalue weighted by atomic mass is 32.1. The zero-order chi connectivity index (χ0) is 15.2. The molecule has 2 rings (SSSR count). The highest BCUT2D eigenvalue weighted by Gasteiger charge is 2.13. The minimum Gasteiger partial charge on any atom is -0.481 e. The molecule has 0 unspecified atom stereocenters. The molecule has 0 saturated carbocycles. The molecule has 0 bridgehead atoms. The van der Waals surface area contributed by atoms with Gasteiger partial charge in [-0.1, -0.05) is 18.2 Å². The summed E-state index contributed by atoms with van der Waals surface area (Å²) in [4.78, 5) is 27.1. The minimum absolute atomic E-state index is 0.147. The van der Waals surface area contributed by atoms with Gasteiger partial charge in [-0.15, -0.1) is 11.3 Å². The Morgan fingerprint density at radius 3 is 2.81 bits per heavy atom. The van der Waals surface area contributed by atoms with E-state index in [1.165, 1.54) is 11.3 Å². The Balaban J connectivity index is 2.13. The van der Waals surface area contributed by atoms with E-state index in [0.29, 0.717) is 29.9 Å². The van der Waals surface area contributed by atoms with Gasteiger partial charge in [-0.05, 0) is 18.2 Å². The van der Waals surface area contributed by atoms with Crippen LogP contribution in [0.3, 0.4) is 0 Å². The first-order valence-corrected chi connectivity index (χ1v) is 7.23. The number of thiazole rings is 1. The van der Waals surface area contributed by atoms with Crippen LogP contribution in [0, 0.1) is 0 Å². The molecule has 6 nitrogen and oxygen atoms in total. The second-order valence-corrected chi connectivity index (χ2v) is 5.29. The van der Waals surface area contributed by atoms with Gasteiger partial charge in [0.15, 0.2) is 0 Å². The van der Waals surface area contributed by atoms with Crippen LogP contribution in [0.25, 0.3) is 0 Å². The number of aliphatic carboxylic acids is 1. The molecular formula is C14H15N3O3S. The minimum atomic E-state index is -0.949. The molecule has 1 aromatic carbocycles. The smallest absolute Gasteiger partial charge is 0.307 e. The van der Waals surface area contributed by atoms with Crippen molar-refractivity contribution in [1.82, 2.24) is 4.98 Å². The number of hydrogen-bond acceptors (Lipinski definition) is 5. The van der Waals surface area contributed by atoms with E-state index in [1.807, 2.05) is 0 Å². The lowest BCUT2D eigenvalue weighted by Gasteiger charge is -2.08. The van der Waals surface area contributed by atoms with Crippen LogP contribution < -0.4 is 11.1 Å². The van der Waals surface area contributed by atoms with Gasteiger partial charge in [0.1, 0.15) is 5.69 Å². The zero-order valence-corrected chi connectivity index (χ0v) is 12.0. The number of carbonyl (C=O) groups is 2. The zero-order valence-electron chi connectivity index (χ0n) is 11.2. The maximum atomic E-state index is 12.1. The molecule has 1 aromatic heterocycles. The van der Waals surface area contributed by atoms with Gasteiger partial charge in [-0.2, -0.15) is 0 Å². The molecule has 1 amide bonds. The number of anilines is 1. The summed E-state index contributed by atoms with van der Waals surface area (Å²) < 4.78 is 0. The van der Waals surface area contributed by atoms with Crippen molar-refractivity contribution >= 4 is 28.9 Å². The lowest BCUT2D eigenvalue weighted by atomic mass is 10.1. The number of amides is 1. The molecule has 2 aromatic rings. The topological polar surface area (TPSA) is 105 Å². The normalized spacial score (nSPS) is 10.3.